The van der Waals surface area contributed by atoms with Crippen LogP contribution in [0.3, 0.4) is 0 Å². The van der Waals surface area contributed by atoms with Crippen LogP contribution in [0.15, 0.2) is 59.2 Å². The average Bonchev–Trinajstić information content (AvgIpc) is 2.58. The molecule has 3 aromatic rings. The van der Waals surface area contributed by atoms with Crippen LogP contribution in [0.25, 0.3) is 0 Å². The third kappa shape index (κ3) is 3.99. The number of nitrogens with one attached hydrogen (secondary N) is 2. The Morgan fingerprint density at radius 3 is 2.42 bits per heavy atom. The van der Waals surface area contributed by atoms with Gasteiger partial charge in [0, 0.05) is 29.9 Å². The van der Waals surface area contributed by atoms with Gasteiger partial charge in [0.1, 0.15) is 0 Å². The summed E-state index contributed by atoms with van der Waals surface area (Å²) in [5.41, 5.74) is 2.95. The first-order chi connectivity index (χ1) is 11.6. The monoisotopic (exact) mass is 384 g/mol. The third-order valence-electron chi connectivity index (χ3n) is 3.34. The molecule has 0 aliphatic rings. The van der Waals surface area contributed by atoms with Crippen molar-refractivity contribution in [2.45, 2.75) is 0 Å². The molecule has 0 fully saturated rings. The van der Waals surface area contributed by atoms with Crippen LogP contribution in [-0.4, -0.2) is 29.3 Å². The highest BCUT2D eigenvalue weighted by atomic mass is 79.9. The first-order valence-electron chi connectivity index (χ1n) is 7.37. The quantitative estimate of drug-likeness (QED) is 0.687. The summed E-state index contributed by atoms with van der Waals surface area (Å²) >= 11 is 3.50. The normalized spacial score (nSPS) is 10.3. The van der Waals surface area contributed by atoms with Gasteiger partial charge in [-0.15, -0.1) is 5.10 Å². The highest BCUT2D eigenvalue weighted by molar-refractivity contribution is 9.10. The number of rotatable bonds is 5. The molecule has 1 aromatic heterocycles. The van der Waals surface area contributed by atoms with Crippen LogP contribution in [0, 0.1) is 0 Å². The van der Waals surface area contributed by atoms with Crippen molar-refractivity contribution in [3.05, 3.63) is 59.2 Å². The van der Waals surface area contributed by atoms with E-state index in [1.165, 1.54) is 0 Å². The minimum atomic E-state index is 0.435. The molecule has 0 aliphatic heterocycles. The predicted molar refractivity (Wildman–Crippen MR) is 101 cm³/mol. The van der Waals surface area contributed by atoms with Gasteiger partial charge in [-0.05, 0) is 52.3 Å². The fourth-order valence-corrected chi connectivity index (χ4v) is 2.47. The van der Waals surface area contributed by atoms with Crippen LogP contribution >= 0.6 is 15.9 Å². The Hall–Kier alpha value is -2.67. The number of para-hydroxylation sites is 1. The summed E-state index contributed by atoms with van der Waals surface area (Å²) in [5.74, 6) is 1.05. The van der Waals surface area contributed by atoms with Gasteiger partial charge in [-0.2, -0.15) is 10.1 Å². The van der Waals surface area contributed by atoms with Gasteiger partial charge in [-0.25, -0.2) is 0 Å². The third-order valence-corrected chi connectivity index (χ3v) is 4.03. The second kappa shape index (κ2) is 7.27. The summed E-state index contributed by atoms with van der Waals surface area (Å²) in [6.07, 6.45) is 1.58. The zero-order valence-electron chi connectivity index (χ0n) is 13.4. The number of anilines is 5. The van der Waals surface area contributed by atoms with E-state index >= 15 is 0 Å². The van der Waals surface area contributed by atoms with Gasteiger partial charge in [0.25, 0.3) is 0 Å². The predicted octanol–water partition coefficient (Wildman–Crippen LogP) is 4.19. The van der Waals surface area contributed by atoms with Crippen molar-refractivity contribution in [2.24, 2.45) is 0 Å². The van der Waals surface area contributed by atoms with Crippen LogP contribution in [-0.2, 0) is 0 Å². The summed E-state index contributed by atoms with van der Waals surface area (Å²) in [5, 5.41) is 14.4. The minimum Gasteiger partial charge on any atom is -0.378 e. The highest BCUT2D eigenvalue weighted by Gasteiger charge is 2.04. The van der Waals surface area contributed by atoms with Crippen LogP contribution in [0.2, 0.25) is 0 Å². The Balaban J connectivity index is 1.74. The molecule has 0 unspecified atom stereocenters. The molecule has 6 nitrogen and oxygen atoms in total. The molecular formula is C17H17BrN6. The number of aromatic nitrogens is 3. The Labute approximate surface area is 149 Å². The van der Waals surface area contributed by atoms with E-state index in [4.69, 9.17) is 0 Å². The lowest BCUT2D eigenvalue weighted by atomic mass is 10.2. The van der Waals surface area contributed by atoms with Crippen LogP contribution in [0.4, 0.5) is 28.8 Å². The van der Waals surface area contributed by atoms with Crippen molar-refractivity contribution in [1.29, 1.82) is 0 Å². The van der Waals surface area contributed by atoms with Crippen molar-refractivity contribution >= 4 is 44.8 Å². The molecule has 0 amide bonds. The van der Waals surface area contributed by atoms with E-state index in [1.807, 2.05) is 67.5 Å². The number of halogens is 1. The van der Waals surface area contributed by atoms with Crippen LogP contribution in [0.1, 0.15) is 0 Å². The molecule has 3 rings (SSSR count). The molecule has 122 valence electrons. The lowest BCUT2D eigenvalue weighted by Gasteiger charge is -2.13. The zero-order chi connectivity index (χ0) is 16.9. The summed E-state index contributed by atoms with van der Waals surface area (Å²) in [7, 11) is 4.01. The van der Waals surface area contributed by atoms with Gasteiger partial charge >= 0.3 is 0 Å². The molecule has 0 radical (unpaired) electrons. The first-order valence-corrected chi connectivity index (χ1v) is 8.17. The van der Waals surface area contributed by atoms with Gasteiger partial charge in [-0.3, -0.25) is 0 Å². The van der Waals surface area contributed by atoms with Crippen molar-refractivity contribution < 1.29 is 0 Å². The standard InChI is InChI=1S/C17H17BrN6/c1-24(2)13-9-7-12(8-10-13)20-17-22-16(11-19-23-17)21-15-6-4-3-5-14(15)18/h3-11H,1-2H3,(H2,20,21,22,23). The molecule has 1 heterocycles. The Morgan fingerprint density at radius 2 is 1.71 bits per heavy atom. The number of hydrogen-bond acceptors (Lipinski definition) is 6. The number of hydrogen-bond donors (Lipinski definition) is 2. The fraction of sp³-hybridized carbons (Fsp3) is 0.118. The molecule has 0 atom stereocenters. The second-order valence-electron chi connectivity index (χ2n) is 5.34. The van der Waals surface area contributed by atoms with E-state index in [1.54, 1.807) is 6.20 Å². The van der Waals surface area contributed by atoms with Crippen molar-refractivity contribution in [3.63, 3.8) is 0 Å². The Kier molecular flexibility index (Phi) is 4.90. The summed E-state index contributed by atoms with van der Waals surface area (Å²) in [4.78, 5) is 6.48. The molecule has 2 N–H and O–H groups in total. The van der Waals surface area contributed by atoms with Crippen molar-refractivity contribution in [1.82, 2.24) is 15.2 Å². The van der Waals surface area contributed by atoms with E-state index in [0.717, 1.165) is 21.5 Å². The maximum atomic E-state index is 4.43. The van der Waals surface area contributed by atoms with E-state index in [9.17, 15) is 0 Å². The van der Waals surface area contributed by atoms with Crippen molar-refractivity contribution in [2.75, 3.05) is 29.6 Å². The van der Waals surface area contributed by atoms with E-state index in [2.05, 4.69) is 41.7 Å². The largest absolute Gasteiger partial charge is 0.378 e. The summed E-state index contributed by atoms with van der Waals surface area (Å²) in [6, 6.07) is 15.8. The van der Waals surface area contributed by atoms with Gasteiger partial charge < -0.3 is 15.5 Å². The Bertz CT molecular complexity index is 819. The summed E-state index contributed by atoms with van der Waals surface area (Å²) < 4.78 is 0.956. The average molecular weight is 385 g/mol. The zero-order valence-corrected chi connectivity index (χ0v) is 14.9. The van der Waals surface area contributed by atoms with Crippen LogP contribution < -0.4 is 15.5 Å². The molecular weight excluding hydrogens is 368 g/mol. The fourth-order valence-electron chi connectivity index (χ4n) is 2.09. The van der Waals surface area contributed by atoms with Gasteiger partial charge in [0.05, 0.1) is 11.9 Å². The van der Waals surface area contributed by atoms with Crippen LogP contribution in [0.5, 0.6) is 0 Å². The second-order valence-corrected chi connectivity index (χ2v) is 6.19. The SMILES string of the molecule is CN(C)c1ccc(Nc2nncc(Nc3ccccc3Br)n2)cc1. The first kappa shape index (κ1) is 16.2. The van der Waals surface area contributed by atoms with Crippen molar-refractivity contribution in [3.8, 4) is 0 Å². The summed E-state index contributed by atoms with van der Waals surface area (Å²) in [6.45, 7) is 0. The number of benzene rings is 2. The van der Waals surface area contributed by atoms with Gasteiger partial charge in [0.2, 0.25) is 5.95 Å². The molecule has 7 heteroatoms. The molecule has 24 heavy (non-hydrogen) atoms. The smallest absolute Gasteiger partial charge is 0.249 e. The molecule has 0 spiro atoms. The van der Waals surface area contributed by atoms with E-state index < -0.39 is 0 Å². The number of nitrogens with zero attached hydrogens (tertiary/aromatic N) is 4. The molecule has 0 bridgehead atoms. The highest BCUT2D eigenvalue weighted by Crippen LogP contribution is 2.24. The van der Waals surface area contributed by atoms with E-state index in [0.29, 0.717) is 11.8 Å². The van der Waals surface area contributed by atoms with Gasteiger partial charge in [0.15, 0.2) is 5.82 Å². The maximum Gasteiger partial charge on any atom is 0.249 e. The topological polar surface area (TPSA) is 66.0 Å². The van der Waals surface area contributed by atoms with E-state index in [-0.39, 0.29) is 0 Å². The molecule has 2 aromatic carbocycles. The molecule has 0 aliphatic carbocycles. The Morgan fingerprint density at radius 1 is 0.958 bits per heavy atom. The lowest BCUT2D eigenvalue weighted by molar-refractivity contribution is 0.982. The minimum absolute atomic E-state index is 0.435. The molecule has 0 saturated carbocycles. The molecule has 0 saturated heterocycles. The van der Waals surface area contributed by atoms with Gasteiger partial charge in [-0.1, -0.05) is 12.1 Å². The lowest BCUT2D eigenvalue weighted by Crippen LogP contribution is -2.08. The maximum absolute atomic E-state index is 4.43.